The first-order chi connectivity index (χ1) is 11.7. The molecule has 0 heterocycles. The molecule has 0 bridgehead atoms. The fourth-order valence-electron chi connectivity index (χ4n) is 3.73. The molecule has 1 unspecified atom stereocenters. The van der Waals surface area contributed by atoms with Gasteiger partial charge in [0, 0.05) is 6.42 Å². The molecule has 24 heavy (non-hydrogen) atoms. The third-order valence-electron chi connectivity index (χ3n) is 5.31. The fraction of sp³-hybridized carbons (Fsp3) is 0.895. The Bertz CT molecular complexity index is 387. The summed E-state index contributed by atoms with van der Waals surface area (Å²) in [6.07, 6.45) is 11.7. The summed E-state index contributed by atoms with van der Waals surface area (Å²) in [5.41, 5.74) is 0. The Kier molecular flexibility index (Phi) is 8.57. The van der Waals surface area contributed by atoms with Crippen LogP contribution in [-0.2, 0) is 19.2 Å². The average Bonchev–Trinajstić information content (AvgIpc) is 3.28. The van der Waals surface area contributed by atoms with Crippen LogP contribution in [0.1, 0.15) is 77.6 Å². The molecule has 1 atom stereocenters. The van der Waals surface area contributed by atoms with Gasteiger partial charge in [0.05, 0.1) is 11.8 Å². The molecule has 0 aliphatic heterocycles. The van der Waals surface area contributed by atoms with Gasteiger partial charge >= 0.3 is 11.9 Å². The van der Waals surface area contributed by atoms with E-state index in [2.05, 4.69) is 6.92 Å². The fourth-order valence-corrected chi connectivity index (χ4v) is 3.73. The molecule has 138 valence electrons. The van der Waals surface area contributed by atoms with E-state index in [1.54, 1.807) is 0 Å². The van der Waals surface area contributed by atoms with Crippen molar-refractivity contribution in [3.05, 3.63) is 0 Å². The first-order valence-electron chi connectivity index (χ1n) is 9.93. The van der Waals surface area contributed by atoms with Crippen molar-refractivity contribution in [1.82, 2.24) is 0 Å². The molecule has 2 aliphatic rings. The molecule has 0 aromatic heterocycles. The zero-order valence-electron chi connectivity index (χ0n) is 15.2. The predicted octanol–water partition coefficient (Wildman–Crippen LogP) is 2.44. The second-order valence-electron chi connectivity index (χ2n) is 7.30. The standard InChI is InChI=1S/C19H33NO4/c1-2-3-8-13-20(24-19(22)17-11-6-7-12-17)14-15-23-18(21)16-9-4-5-10-16/h16-17H,2-15H2,1H3/p+1. The van der Waals surface area contributed by atoms with Crippen molar-refractivity contribution in [2.45, 2.75) is 77.6 Å². The number of unbranched alkanes of at least 4 members (excludes halogenated alkanes) is 2. The van der Waals surface area contributed by atoms with E-state index in [1.807, 2.05) is 0 Å². The number of hydrogen-bond donors (Lipinski definition) is 1. The van der Waals surface area contributed by atoms with Gasteiger partial charge in [-0.05, 0) is 32.1 Å². The van der Waals surface area contributed by atoms with Gasteiger partial charge in [-0.15, -0.1) is 5.06 Å². The molecule has 2 rings (SSSR count). The van der Waals surface area contributed by atoms with Gasteiger partial charge in [0.2, 0.25) is 0 Å². The largest absolute Gasteiger partial charge is 0.459 e. The molecular weight excluding hydrogens is 306 g/mol. The van der Waals surface area contributed by atoms with E-state index in [0.717, 1.165) is 82.2 Å². The quantitative estimate of drug-likeness (QED) is 0.377. The van der Waals surface area contributed by atoms with E-state index in [4.69, 9.17) is 9.57 Å². The van der Waals surface area contributed by atoms with Crippen molar-refractivity contribution in [2.75, 3.05) is 19.7 Å². The van der Waals surface area contributed by atoms with E-state index in [0.29, 0.717) is 13.2 Å². The highest BCUT2D eigenvalue weighted by Gasteiger charge is 2.29. The summed E-state index contributed by atoms with van der Waals surface area (Å²) in [6, 6.07) is 0. The monoisotopic (exact) mass is 340 g/mol. The lowest BCUT2D eigenvalue weighted by Gasteiger charge is -2.19. The number of ether oxygens (including phenoxy) is 1. The highest BCUT2D eigenvalue weighted by atomic mass is 16.7. The van der Waals surface area contributed by atoms with Crippen LogP contribution in [0.5, 0.6) is 0 Å². The van der Waals surface area contributed by atoms with Crippen molar-refractivity contribution < 1.29 is 24.2 Å². The number of hydroxylamine groups is 2. The number of esters is 1. The summed E-state index contributed by atoms with van der Waals surface area (Å²) in [7, 11) is 0. The van der Waals surface area contributed by atoms with Crippen LogP contribution < -0.4 is 5.06 Å². The van der Waals surface area contributed by atoms with Crippen LogP contribution in [0.4, 0.5) is 0 Å². The third-order valence-corrected chi connectivity index (χ3v) is 5.31. The van der Waals surface area contributed by atoms with Gasteiger partial charge in [0.15, 0.2) is 6.54 Å². The Morgan fingerprint density at radius 3 is 2.04 bits per heavy atom. The van der Waals surface area contributed by atoms with Gasteiger partial charge < -0.3 is 4.74 Å². The lowest BCUT2D eigenvalue weighted by atomic mass is 10.1. The Hall–Kier alpha value is -1.10. The van der Waals surface area contributed by atoms with E-state index in [1.165, 1.54) is 0 Å². The summed E-state index contributed by atoms with van der Waals surface area (Å²) < 4.78 is 5.42. The van der Waals surface area contributed by atoms with Crippen LogP contribution in [0.15, 0.2) is 0 Å². The van der Waals surface area contributed by atoms with Crippen molar-refractivity contribution in [1.29, 1.82) is 0 Å². The summed E-state index contributed by atoms with van der Waals surface area (Å²) in [4.78, 5) is 29.9. The molecule has 0 spiro atoms. The maximum Gasteiger partial charge on any atom is 0.369 e. The lowest BCUT2D eigenvalue weighted by Crippen LogP contribution is -3.12. The highest BCUT2D eigenvalue weighted by Crippen LogP contribution is 2.26. The molecule has 0 radical (unpaired) electrons. The Morgan fingerprint density at radius 1 is 0.875 bits per heavy atom. The van der Waals surface area contributed by atoms with E-state index in [-0.39, 0.29) is 23.8 Å². The molecule has 5 nitrogen and oxygen atoms in total. The van der Waals surface area contributed by atoms with Crippen LogP contribution in [0.25, 0.3) is 0 Å². The van der Waals surface area contributed by atoms with E-state index >= 15 is 0 Å². The van der Waals surface area contributed by atoms with Gasteiger partial charge in [0.25, 0.3) is 0 Å². The van der Waals surface area contributed by atoms with Gasteiger partial charge in [-0.2, -0.15) is 0 Å². The summed E-state index contributed by atoms with van der Waals surface area (Å²) in [6.45, 7) is 3.86. The van der Waals surface area contributed by atoms with Crippen LogP contribution in [0.3, 0.4) is 0 Å². The molecule has 0 aromatic carbocycles. The van der Waals surface area contributed by atoms with Gasteiger partial charge in [0.1, 0.15) is 13.2 Å². The zero-order valence-corrected chi connectivity index (χ0v) is 15.2. The van der Waals surface area contributed by atoms with Crippen molar-refractivity contribution >= 4 is 11.9 Å². The minimum atomic E-state index is -0.0684. The van der Waals surface area contributed by atoms with Crippen molar-refractivity contribution in [3.63, 3.8) is 0 Å². The topological polar surface area (TPSA) is 57.0 Å². The van der Waals surface area contributed by atoms with Gasteiger partial charge in [-0.1, -0.05) is 39.0 Å². The molecule has 0 saturated heterocycles. The number of quaternary nitrogens is 1. The van der Waals surface area contributed by atoms with Crippen LogP contribution in [0, 0.1) is 11.8 Å². The van der Waals surface area contributed by atoms with E-state index < -0.39 is 0 Å². The van der Waals surface area contributed by atoms with Crippen molar-refractivity contribution in [3.8, 4) is 0 Å². The second kappa shape index (κ2) is 10.7. The van der Waals surface area contributed by atoms with Crippen LogP contribution in [0.2, 0.25) is 0 Å². The maximum atomic E-state index is 12.2. The van der Waals surface area contributed by atoms with Gasteiger partial charge in [-0.25, -0.2) is 4.79 Å². The molecule has 2 fully saturated rings. The number of nitrogens with one attached hydrogen (secondary N) is 1. The maximum absolute atomic E-state index is 12.2. The summed E-state index contributed by atoms with van der Waals surface area (Å²) >= 11 is 0. The Balaban J connectivity index is 1.72. The minimum absolute atomic E-state index is 0.0671. The van der Waals surface area contributed by atoms with E-state index in [9.17, 15) is 9.59 Å². The molecule has 1 N–H and O–H groups in total. The first kappa shape index (κ1) is 19.2. The molecule has 2 aliphatic carbocycles. The molecule has 2 saturated carbocycles. The van der Waals surface area contributed by atoms with Crippen LogP contribution >= 0.6 is 0 Å². The lowest BCUT2D eigenvalue weighted by molar-refractivity contribution is -1.07. The van der Waals surface area contributed by atoms with Crippen molar-refractivity contribution in [2.24, 2.45) is 11.8 Å². The third kappa shape index (κ3) is 6.42. The Labute approximate surface area is 146 Å². The number of carbonyl (C=O) groups excluding carboxylic acids is 2. The minimum Gasteiger partial charge on any atom is -0.459 e. The number of hydrogen-bond acceptors (Lipinski definition) is 4. The molecular formula is C19H34NO4+. The number of carbonyl (C=O) groups is 2. The SMILES string of the molecule is CCCCC[NH+](CCOC(=O)C1CCCC1)OC(=O)C1CCCC1. The normalized spacial score (nSPS) is 20.2. The van der Waals surface area contributed by atoms with Gasteiger partial charge in [-0.3, -0.25) is 9.63 Å². The summed E-state index contributed by atoms with van der Waals surface area (Å²) in [5, 5.41) is 0.805. The average molecular weight is 340 g/mol. The number of rotatable bonds is 10. The first-order valence-corrected chi connectivity index (χ1v) is 9.93. The predicted molar refractivity (Wildman–Crippen MR) is 91.2 cm³/mol. The molecule has 0 amide bonds. The molecule has 5 heteroatoms. The summed E-state index contributed by atoms with van der Waals surface area (Å²) in [5.74, 6) is 0.0328. The zero-order chi connectivity index (χ0) is 17.2. The molecule has 0 aromatic rings. The second-order valence-corrected chi connectivity index (χ2v) is 7.30. The Morgan fingerprint density at radius 2 is 1.46 bits per heavy atom. The smallest absolute Gasteiger partial charge is 0.369 e. The highest BCUT2D eigenvalue weighted by molar-refractivity contribution is 5.72. The van der Waals surface area contributed by atoms with Crippen LogP contribution in [-0.4, -0.2) is 31.6 Å².